The molecule has 22 heavy (non-hydrogen) atoms. The minimum Gasteiger partial charge on any atom is -0.508 e. The zero-order valence-corrected chi connectivity index (χ0v) is 14.3. The largest absolute Gasteiger partial charge is 0.508 e. The van der Waals surface area contributed by atoms with Gasteiger partial charge < -0.3 is 14.6 Å². The number of unbranched alkanes of at least 4 members (excludes halogenated alkanes) is 9. The molecule has 0 amide bonds. The first-order valence-corrected chi connectivity index (χ1v) is 8.77. The van der Waals surface area contributed by atoms with Crippen molar-refractivity contribution in [1.82, 2.24) is 0 Å². The lowest BCUT2D eigenvalue weighted by Crippen LogP contribution is -1.97. The summed E-state index contributed by atoms with van der Waals surface area (Å²) in [7, 11) is 1.58. The van der Waals surface area contributed by atoms with Crippen molar-refractivity contribution >= 4 is 0 Å². The maximum atomic E-state index is 9.54. The summed E-state index contributed by atoms with van der Waals surface area (Å²) in [5.74, 6) is 1.48. The third-order valence-corrected chi connectivity index (χ3v) is 3.87. The van der Waals surface area contributed by atoms with Gasteiger partial charge in [-0.15, -0.1) is 0 Å². The van der Waals surface area contributed by atoms with E-state index in [0.29, 0.717) is 18.1 Å². The van der Waals surface area contributed by atoms with Gasteiger partial charge in [-0.25, -0.2) is 0 Å². The summed E-state index contributed by atoms with van der Waals surface area (Å²) >= 11 is 0. The first-order chi connectivity index (χ1) is 10.8. The molecule has 1 rings (SSSR count). The molecule has 0 unspecified atom stereocenters. The number of rotatable bonds is 13. The first-order valence-electron chi connectivity index (χ1n) is 8.77. The Balaban J connectivity index is 1.98. The fraction of sp³-hybridized carbons (Fsp3) is 0.684. The van der Waals surface area contributed by atoms with Gasteiger partial charge in [-0.05, 0) is 6.42 Å². The highest BCUT2D eigenvalue weighted by molar-refractivity contribution is 5.41. The van der Waals surface area contributed by atoms with Crippen molar-refractivity contribution in [2.75, 3.05) is 13.7 Å². The van der Waals surface area contributed by atoms with Gasteiger partial charge in [0.15, 0.2) is 0 Å². The Bertz CT molecular complexity index is 390. The van der Waals surface area contributed by atoms with Crippen LogP contribution in [-0.4, -0.2) is 18.8 Å². The number of benzene rings is 1. The Hall–Kier alpha value is -1.38. The molecule has 0 fully saturated rings. The molecule has 0 aliphatic carbocycles. The molecule has 3 nitrogen and oxygen atoms in total. The Morgan fingerprint density at radius 2 is 1.32 bits per heavy atom. The monoisotopic (exact) mass is 308 g/mol. The summed E-state index contributed by atoms with van der Waals surface area (Å²) in [6, 6.07) is 5.00. The number of methoxy groups -OCH3 is 1. The molecule has 126 valence electrons. The van der Waals surface area contributed by atoms with E-state index >= 15 is 0 Å². The number of hydrogen-bond donors (Lipinski definition) is 1. The predicted octanol–water partition coefficient (Wildman–Crippen LogP) is 5.70. The van der Waals surface area contributed by atoms with Crippen molar-refractivity contribution in [3.63, 3.8) is 0 Å². The molecule has 0 bridgehead atoms. The Morgan fingerprint density at radius 3 is 1.91 bits per heavy atom. The third kappa shape index (κ3) is 8.81. The van der Waals surface area contributed by atoms with E-state index in [2.05, 4.69) is 6.92 Å². The lowest BCUT2D eigenvalue weighted by atomic mass is 10.1. The SMILES string of the molecule is CCCCCCCCCCCCOc1cc(O)cc(OC)c1. The van der Waals surface area contributed by atoms with E-state index in [1.165, 1.54) is 57.8 Å². The van der Waals surface area contributed by atoms with Crippen LogP contribution in [0.5, 0.6) is 17.2 Å². The number of phenolic OH excluding ortho intramolecular Hbond substituents is 1. The molecule has 0 saturated carbocycles. The molecule has 1 aromatic rings. The molecule has 0 aliphatic heterocycles. The smallest absolute Gasteiger partial charge is 0.126 e. The van der Waals surface area contributed by atoms with E-state index in [1.807, 2.05) is 0 Å². The van der Waals surface area contributed by atoms with Gasteiger partial charge in [0.2, 0.25) is 0 Å². The minimum atomic E-state index is 0.178. The second-order valence-electron chi connectivity index (χ2n) is 5.90. The van der Waals surface area contributed by atoms with E-state index < -0.39 is 0 Å². The van der Waals surface area contributed by atoms with E-state index in [-0.39, 0.29) is 5.75 Å². The van der Waals surface area contributed by atoms with Gasteiger partial charge in [-0.2, -0.15) is 0 Å². The zero-order valence-electron chi connectivity index (χ0n) is 14.3. The molecule has 3 heteroatoms. The van der Waals surface area contributed by atoms with Crippen LogP contribution in [0.3, 0.4) is 0 Å². The number of ether oxygens (including phenoxy) is 2. The summed E-state index contributed by atoms with van der Waals surface area (Å²) in [4.78, 5) is 0. The van der Waals surface area contributed by atoms with Crippen LogP contribution >= 0.6 is 0 Å². The second-order valence-corrected chi connectivity index (χ2v) is 5.90. The van der Waals surface area contributed by atoms with Crippen LogP contribution < -0.4 is 9.47 Å². The van der Waals surface area contributed by atoms with Crippen molar-refractivity contribution in [2.24, 2.45) is 0 Å². The molecule has 0 aliphatic rings. The van der Waals surface area contributed by atoms with Gasteiger partial charge in [0.05, 0.1) is 13.7 Å². The van der Waals surface area contributed by atoms with E-state index in [4.69, 9.17) is 9.47 Å². The highest BCUT2D eigenvalue weighted by atomic mass is 16.5. The van der Waals surface area contributed by atoms with Crippen LogP contribution in [0.4, 0.5) is 0 Å². The number of aromatic hydroxyl groups is 1. The van der Waals surface area contributed by atoms with Crippen molar-refractivity contribution < 1.29 is 14.6 Å². The van der Waals surface area contributed by atoms with Gasteiger partial charge in [0.1, 0.15) is 17.2 Å². The van der Waals surface area contributed by atoms with E-state index in [0.717, 1.165) is 6.42 Å². The molecular formula is C19H32O3. The normalized spacial score (nSPS) is 10.6. The molecule has 0 atom stereocenters. The molecule has 0 radical (unpaired) electrons. The van der Waals surface area contributed by atoms with Crippen LogP contribution in [0.2, 0.25) is 0 Å². The Kier molecular flexibility index (Phi) is 10.3. The Labute approximate surface area is 135 Å². The standard InChI is InChI=1S/C19H32O3/c1-3-4-5-6-7-8-9-10-11-12-13-22-19-15-17(20)14-18(16-19)21-2/h14-16,20H,3-13H2,1-2H3. The molecule has 0 saturated heterocycles. The van der Waals surface area contributed by atoms with Gasteiger partial charge >= 0.3 is 0 Å². The van der Waals surface area contributed by atoms with E-state index in [9.17, 15) is 5.11 Å². The third-order valence-electron chi connectivity index (χ3n) is 3.87. The van der Waals surface area contributed by atoms with Gasteiger partial charge in [-0.3, -0.25) is 0 Å². The predicted molar refractivity (Wildman–Crippen MR) is 92.0 cm³/mol. The molecule has 0 heterocycles. The van der Waals surface area contributed by atoms with Crippen molar-refractivity contribution in [3.05, 3.63) is 18.2 Å². The minimum absolute atomic E-state index is 0.178. The highest BCUT2D eigenvalue weighted by Crippen LogP contribution is 2.26. The van der Waals surface area contributed by atoms with Crippen LogP contribution in [0.25, 0.3) is 0 Å². The van der Waals surface area contributed by atoms with Gasteiger partial charge in [0.25, 0.3) is 0 Å². The average Bonchev–Trinajstić information content (AvgIpc) is 2.52. The lowest BCUT2D eigenvalue weighted by molar-refractivity contribution is 0.300. The fourth-order valence-corrected chi connectivity index (χ4v) is 2.54. The van der Waals surface area contributed by atoms with Crippen LogP contribution in [0, 0.1) is 0 Å². The van der Waals surface area contributed by atoms with E-state index in [1.54, 1.807) is 25.3 Å². The molecule has 0 aromatic heterocycles. The molecule has 0 spiro atoms. The maximum Gasteiger partial charge on any atom is 0.126 e. The summed E-state index contributed by atoms with van der Waals surface area (Å²) in [6.45, 7) is 2.96. The summed E-state index contributed by atoms with van der Waals surface area (Å²) in [5.41, 5.74) is 0. The van der Waals surface area contributed by atoms with Gasteiger partial charge in [0, 0.05) is 18.2 Å². The van der Waals surface area contributed by atoms with Crippen LogP contribution in [0.1, 0.15) is 71.1 Å². The molecular weight excluding hydrogens is 276 g/mol. The van der Waals surface area contributed by atoms with Gasteiger partial charge in [-0.1, -0.05) is 64.7 Å². The van der Waals surface area contributed by atoms with Crippen molar-refractivity contribution in [2.45, 2.75) is 71.1 Å². The van der Waals surface area contributed by atoms with Crippen molar-refractivity contribution in [1.29, 1.82) is 0 Å². The van der Waals surface area contributed by atoms with Crippen molar-refractivity contribution in [3.8, 4) is 17.2 Å². The molecule has 1 N–H and O–H groups in total. The second kappa shape index (κ2) is 12.2. The highest BCUT2D eigenvalue weighted by Gasteiger charge is 2.01. The fourth-order valence-electron chi connectivity index (χ4n) is 2.54. The first kappa shape index (κ1) is 18.7. The summed E-state index contributed by atoms with van der Waals surface area (Å²) in [6.07, 6.45) is 13.2. The summed E-state index contributed by atoms with van der Waals surface area (Å²) < 4.78 is 10.8. The molecule has 1 aromatic carbocycles. The average molecular weight is 308 g/mol. The topological polar surface area (TPSA) is 38.7 Å². The number of phenols is 1. The zero-order chi connectivity index (χ0) is 16.0. The van der Waals surface area contributed by atoms with Crippen LogP contribution in [0.15, 0.2) is 18.2 Å². The quantitative estimate of drug-likeness (QED) is 0.475. The number of hydrogen-bond acceptors (Lipinski definition) is 3. The maximum absolute atomic E-state index is 9.54. The van der Waals surface area contributed by atoms with Crippen LogP contribution in [-0.2, 0) is 0 Å². The Morgan fingerprint density at radius 1 is 0.773 bits per heavy atom. The summed E-state index contributed by atoms with van der Waals surface area (Å²) in [5, 5.41) is 9.54. The lowest BCUT2D eigenvalue weighted by Gasteiger charge is -2.08.